The smallest absolute Gasteiger partial charge is 0.313 e. The third kappa shape index (κ3) is 3.29. The van der Waals surface area contributed by atoms with Gasteiger partial charge in [-0.2, -0.15) is 0 Å². The van der Waals surface area contributed by atoms with Crippen LogP contribution in [0.2, 0.25) is 0 Å². The second-order valence-corrected chi connectivity index (χ2v) is 3.53. The van der Waals surface area contributed by atoms with Gasteiger partial charge in [0, 0.05) is 6.20 Å². The molecule has 0 aromatic carbocycles. The van der Waals surface area contributed by atoms with Crippen LogP contribution < -0.4 is 0 Å². The molecule has 0 aliphatic rings. The molecule has 3 nitrogen and oxygen atoms in total. The van der Waals surface area contributed by atoms with Crippen molar-refractivity contribution in [2.75, 3.05) is 6.61 Å². The second kappa shape index (κ2) is 6.20. The Bertz CT molecular complexity index is 355. The zero-order valence-corrected chi connectivity index (χ0v) is 9.57. The van der Waals surface area contributed by atoms with Gasteiger partial charge in [-0.15, -0.1) is 0 Å². The van der Waals surface area contributed by atoms with Crippen molar-refractivity contribution in [2.24, 2.45) is 0 Å². The predicted octanol–water partition coefficient (Wildman–Crippen LogP) is 2.67. The number of hydrogen-bond acceptors (Lipinski definition) is 3. The van der Waals surface area contributed by atoms with Crippen molar-refractivity contribution in [2.45, 2.75) is 32.6 Å². The summed E-state index contributed by atoms with van der Waals surface area (Å²) in [5.74, 6) is -1.15. The van der Waals surface area contributed by atoms with E-state index in [0.717, 1.165) is 12.6 Å². The second-order valence-electron chi connectivity index (χ2n) is 3.53. The summed E-state index contributed by atoms with van der Waals surface area (Å²) in [6, 6.07) is 1.34. The normalized spacial score (nSPS) is 12.2. The Kier molecular flexibility index (Phi) is 4.89. The molecule has 0 radical (unpaired) electrons. The number of halogens is 1. The van der Waals surface area contributed by atoms with E-state index in [1.165, 1.54) is 12.3 Å². The van der Waals surface area contributed by atoms with E-state index >= 15 is 0 Å². The number of ether oxygens (including phenoxy) is 1. The van der Waals surface area contributed by atoms with E-state index in [4.69, 9.17) is 4.74 Å². The van der Waals surface area contributed by atoms with Gasteiger partial charge in [-0.3, -0.25) is 9.78 Å². The molecule has 1 heterocycles. The molecule has 88 valence electrons. The largest absolute Gasteiger partial charge is 0.466 e. The summed E-state index contributed by atoms with van der Waals surface area (Å²) in [5.41, 5.74) is 0.584. The number of esters is 1. The summed E-state index contributed by atoms with van der Waals surface area (Å²) >= 11 is 0. The van der Waals surface area contributed by atoms with Crippen molar-refractivity contribution in [3.05, 3.63) is 29.8 Å². The van der Waals surface area contributed by atoms with E-state index in [0.29, 0.717) is 18.6 Å². The first-order valence-corrected chi connectivity index (χ1v) is 5.46. The summed E-state index contributed by atoms with van der Waals surface area (Å²) in [6.45, 7) is 4.06. The van der Waals surface area contributed by atoms with Gasteiger partial charge in [0.15, 0.2) is 0 Å². The molecule has 0 spiro atoms. The quantitative estimate of drug-likeness (QED) is 0.723. The summed E-state index contributed by atoms with van der Waals surface area (Å²) in [7, 11) is 0. The van der Waals surface area contributed by atoms with Crippen LogP contribution in [0.5, 0.6) is 0 Å². The number of aromatic nitrogens is 1. The maximum absolute atomic E-state index is 13.0. The van der Waals surface area contributed by atoms with Crippen molar-refractivity contribution in [1.29, 1.82) is 0 Å². The van der Waals surface area contributed by atoms with Crippen molar-refractivity contribution in [3.63, 3.8) is 0 Å². The average Bonchev–Trinajstić information content (AvgIpc) is 2.26. The number of hydrogen-bond donors (Lipinski definition) is 0. The zero-order chi connectivity index (χ0) is 12.0. The van der Waals surface area contributed by atoms with Crippen molar-refractivity contribution in [1.82, 2.24) is 4.98 Å². The number of rotatable bonds is 5. The zero-order valence-electron chi connectivity index (χ0n) is 9.57. The van der Waals surface area contributed by atoms with Gasteiger partial charge in [0.05, 0.1) is 18.7 Å². The molecule has 1 unspecified atom stereocenters. The van der Waals surface area contributed by atoms with E-state index in [2.05, 4.69) is 4.98 Å². The van der Waals surface area contributed by atoms with E-state index in [1.807, 2.05) is 6.92 Å². The molecule has 1 rings (SSSR count). The molecule has 0 fully saturated rings. The summed E-state index contributed by atoms with van der Waals surface area (Å²) in [6.07, 6.45) is 4.11. The molecule has 16 heavy (non-hydrogen) atoms. The summed E-state index contributed by atoms with van der Waals surface area (Å²) in [4.78, 5) is 15.4. The van der Waals surface area contributed by atoms with Crippen LogP contribution in [-0.2, 0) is 9.53 Å². The molecule has 0 bridgehead atoms. The molecule has 1 aromatic heterocycles. The fourth-order valence-electron chi connectivity index (χ4n) is 1.57. The van der Waals surface area contributed by atoms with Gasteiger partial charge < -0.3 is 4.74 Å². The van der Waals surface area contributed by atoms with Crippen LogP contribution in [0.25, 0.3) is 0 Å². The molecular formula is C12H16FNO2. The molecule has 1 atom stereocenters. The lowest BCUT2D eigenvalue weighted by atomic mass is 9.96. The number of pyridine rings is 1. The van der Waals surface area contributed by atoms with E-state index in [-0.39, 0.29) is 5.97 Å². The van der Waals surface area contributed by atoms with Gasteiger partial charge >= 0.3 is 5.97 Å². The fraction of sp³-hybridized carbons (Fsp3) is 0.500. The Balaban J connectivity index is 2.88. The van der Waals surface area contributed by atoms with Crippen LogP contribution in [0.4, 0.5) is 4.39 Å². The van der Waals surface area contributed by atoms with Gasteiger partial charge in [0.1, 0.15) is 5.82 Å². The summed E-state index contributed by atoms with van der Waals surface area (Å²) < 4.78 is 18.0. The molecule has 1 aromatic rings. The van der Waals surface area contributed by atoms with E-state index in [9.17, 15) is 9.18 Å². The van der Waals surface area contributed by atoms with Crippen LogP contribution in [0.1, 0.15) is 38.2 Å². The first-order valence-electron chi connectivity index (χ1n) is 5.46. The topological polar surface area (TPSA) is 39.2 Å². The first-order chi connectivity index (χ1) is 7.69. The molecule has 0 N–H and O–H groups in total. The summed E-state index contributed by atoms with van der Waals surface area (Å²) in [5, 5.41) is 0. The number of nitrogens with zero attached hydrogens (tertiary/aromatic N) is 1. The van der Waals surface area contributed by atoms with Crippen molar-refractivity contribution >= 4 is 5.97 Å². The molecule has 0 saturated heterocycles. The van der Waals surface area contributed by atoms with Crippen molar-refractivity contribution < 1.29 is 13.9 Å². The monoisotopic (exact) mass is 225 g/mol. The molecule has 4 heteroatoms. The molecule has 0 aliphatic carbocycles. The lowest BCUT2D eigenvalue weighted by molar-refractivity contribution is -0.145. The van der Waals surface area contributed by atoms with Crippen LogP contribution >= 0.6 is 0 Å². The predicted molar refractivity (Wildman–Crippen MR) is 58.5 cm³/mol. The van der Waals surface area contributed by atoms with Crippen molar-refractivity contribution in [3.8, 4) is 0 Å². The Morgan fingerprint density at radius 3 is 2.81 bits per heavy atom. The Hall–Kier alpha value is -1.45. The molecular weight excluding hydrogens is 209 g/mol. The standard InChI is InChI=1S/C12H16FNO2/c1-3-5-11(12(15)16-4-2)9-6-10(13)8-14-7-9/h6-8,11H,3-5H2,1-2H3. The Morgan fingerprint density at radius 1 is 1.50 bits per heavy atom. The average molecular weight is 225 g/mol. The first kappa shape index (κ1) is 12.6. The minimum Gasteiger partial charge on any atom is -0.466 e. The fourth-order valence-corrected chi connectivity index (χ4v) is 1.57. The maximum Gasteiger partial charge on any atom is 0.313 e. The van der Waals surface area contributed by atoms with Gasteiger partial charge in [0.2, 0.25) is 0 Å². The van der Waals surface area contributed by atoms with Gasteiger partial charge in [-0.25, -0.2) is 4.39 Å². The van der Waals surface area contributed by atoms with Gasteiger partial charge in [-0.1, -0.05) is 13.3 Å². The van der Waals surface area contributed by atoms with Gasteiger partial charge in [-0.05, 0) is 25.0 Å². The highest BCUT2D eigenvalue weighted by atomic mass is 19.1. The third-order valence-electron chi connectivity index (χ3n) is 2.28. The van der Waals surface area contributed by atoms with Crippen LogP contribution in [0.3, 0.4) is 0 Å². The van der Waals surface area contributed by atoms with Crippen LogP contribution in [0, 0.1) is 5.82 Å². The Morgan fingerprint density at radius 2 is 2.25 bits per heavy atom. The number of carbonyl (C=O) groups is 1. The molecule has 0 aliphatic heterocycles. The van der Waals surface area contributed by atoms with E-state index in [1.54, 1.807) is 6.92 Å². The van der Waals surface area contributed by atoms with Gasteiger partial charge in [0.25, 0.3) is 0 Å². The van der Waals surface area contributed by atoms with E-state index < -0.39 is 11.7 Å². The minimum absolute atomic E-state index is 0.309. The lowest BCUT2D eigenvalue weighted by Gasteiger charge is -2.14. The number of carbonyl (C=O) groups excluding carboxylic acids is 1. The highest BCUT2D eigenvalue weighted by Crippen LogP contribution is 2.22. The third-order valence-corrected chi connectivity index (χ3v) is 2.28. The maximum atomic E-state index is 13.0. The molecule has 0 saturated carbocycles. The SMILES string of the molecule is CCCC(C(=O)OCC)c1cncc(F)c1. The molecule has 0 amide bonds. The highest BCUT2D eigenvalue weighted by molar-refractivity contribution is 5.77. The minimum atomic E-state index is -0.428. The lowest BCUT2D eigenvalue weighted by Crippen LogP contribution is -2.16. The highest BCUT2D eigenvalue weighted by Gasteiger charge is 2.21. The van der Waals surface area contributed by atoms with Crippen LogP contribution in [0.15, 0.2) is 18.5 Å². The van der Waals surface area contributed by atoms with Crippen LogP contribution in [-0.4, -0.2) is 17.6 Å². The Labute approximate surface area is 94.6 Å².